The molecule has 3 heterocycles. The Morgan fingerprint density at radius 2 is 1.70 bits per heavy atom. The molecular weight excluding hydrogens is 374 g/mol. The van der Waals surface area contributed by atoms with Crippen LogP contribution in [0.4, 0.5) is 0 Å². The largest absolute Gasteiger partial charge is 0.336 e. The first-order valence-electron chi connectivity index (χ1n) is 10.6. The highest BCUT2D eigenvalue weighted by Crippen LogP contribution is 2.25. The number of nitrogens with zero attached hydrogens (tertiary/aromatic N) is 5. The molecule has 0 N–H and O–H groups in total. The van der Waals surface area contributed by atoms with Gasteiger partial charge in [0, 0.05) is 55.9 Å². The summed E-state index contributed by atoms with van der Waals surface area (Å²) in [6.45, 7) is 6.62. The predicted molar refractivity (Wildman–Crippen MR) is 118 cm³/mol. The van der Waals surface area contributed by atoms with Crippen molar-refractivity contribution in [1.82, 2.24) is 24.8 Å². The smallest absolute Gasteiger partial charge is 0.257 e. The number of unbranched alkanes of at least 4 members (excludes halogenated alkanes) is 1. The van der Waals surface area contributed by atoms with Gasteiger partial charge in [-0.1, -0.05) is 43.7 Å². The maximum absolute atomic E-state index is 13.4. The summed E-state index contributed by atoms with van der Waals surface area (Å²) in [6.07, 6.45) is 7.52. The predicted octanol–water partition coefficient (Wildman–Crippen LogP) is 3.76. The molecule has 2 aromatic heterocycles. The maximum Gasteiger partial charge on any atom is 0.257 e. The van der Waals surface area contributed by atoms with E-state index in [1.54, 1.807) is 18.6 Å². The highest BCUT2D eigenvalue weighted by atomic mass is 16.2. The van der Waals surface area contributed by atoms with Gasteiger partial charge in [0.1, 0.15) is 0 Å². The van der Waals surface area contributed by atoms with Gasteiger partial charge in [0.25, 0.3) is 5.91 Å². The van der Waals surface area contributed by atoms with Crippen LogP contribution in [-0.4, -0.2) is 63.4 Å². The van der Waals surface area contributed by atoms with E-state index in [2.05, 4.69) is 21.8 Å². The third kappa shape index (κ3) is 4.54. The lowest BCUT2D eigenvalue weighted by Gasteiger charge is -2.35. The summed E-state index contributed by atoms with van der Waals surface area (Å²) in [7, 11) is 0. The van der Waals surface area contributed by atoms with E-state index in [0.29, 0.717) is 17.1 Å². The van der Waals surface area contributed by atoms with Crippen molar-refractivity contribution in [2.75, 3.05) is 32.7 Å². The SMILES string of the molecule is CCCCN1CCN(C(=O)c2cnc(-c3ccccc3)nc2-c2ccncc2)CC1. The van der Waals surface area contributed by atoms with Gasteiger partial charge < -0.3 is 4.90 Å². The molecule has 1 aliphatic rings. The fraction of sp³-hybridized carbons (Fsp3) is 0.333. The second-order valence-electron chi connectivity index (χ2n) is 7.55. The molecule has 1 amide bonds. The Labute approximate surface area is 177 Å². The van der Waals surface area contributed by atoms with Crippen LogP contribution < -0.4 is 0 Å². The Bertz CT molecular complexity index is 969. The van der Waals surface area contributed by atoms with E-state index in [1.165, 1.54) is 12.8 Å². The van der Waals surface area contributed by atoms with E-state index in [4.69, 9.17) is 4.98 Å². The molecule has 0 aliphatic carbocycles. The molecule has 0 bridgehead atoms. The van der Waals surface area contributed by atoms with E-state index in [9.17, 15) is 4.79 Å². The average Bonchev–Trinajstić information content (AvgIpc) is 2.83. The topological polar surface area (TPSA) is 62.2 Å². The molecule has 0 atom stereocenters. The van der Waals surface area contributed by atoms with Crippen LogP contribution in [0.2, 0.25) is 0 Å². The first-order chi connectivity index (χ1) is 14.8. The van der Waals surface area contributed by atoms with Crippen molar-refractivity contribution in [1.29, 1.82) is 0 Å². The number of hydrogen-bond donors (Lipinski definition) is 0. The maximum atomic E-state index is 13.4. The second-order valence-corrected chi connectivity index (χ2v) is 7.55. The van der Waals surface area contributed by atoms with Crippen molar-refractivity contribution in [3.8, 4) is 22.6 Å². The van der Waals surface area contributed by atoms with E-state index < -0.39 is 0 Å². The fourth-order valence-corrected chi connectivity index (χ4v) is 3.72. The van der Waals surface area contributed by atoms with E-state index in [1.807, 2.05) is 47.4 Å². The van der Waals surface area contributed by atoms with Crippen molar-refractivity contribution in [3.05, 3.63) is 66.6 Å². The van der Waals surface area contributed by atoms with E-state index >= 15 is 0 Å². The number of hydrogen-bond acceptors (Lipinski definition) is 5. The minimum absolute atomic E-state index is 0.00318. The van der Waals surface area contributed by atoms with Crippen LogP contribution in [0.3, 0.4) is 0 Å². The van der Waals surface area contributed by atoms with Crippen LogP contribution >= 0.6 is 0 Å². The average molecular weight is 402 g/mol. The van der Waals surface area contributed by atoms with Crippen molar-refractivity contribution < 1.29 is 4.79 Å². The molecule has 6 nitrogen and oxygen atoms in total. The van der Waals surface area contributed by atoms with Crippen molar-refractivity contribution >= 4 is 5.91 Å². The van der Waals surface area contributed by atoms with Gasteiger partial charge in [-0.25, -0.2) is 9.97 Å². The zero-order chi connectivity index (χ0) is 20.8. The third-order valence-electron chi connectivity index (χ3n) is 5.49. The summed E-state index contributed by atoms with van der Waals surface area (Å²) >= 11 is 0. The van der Waals surface area contributed by atoms with Crippen molar-refractivity contribution in [2.45, 2.75) is 19.8 Å². The zero-order valence-electron chi connectivity index (χ0n) is 17.4. The molecule has 1 aliphatic heterocycles. The minimum atomic E-state index is -0.00318. The van der Waals surface area contributed by atoms with E-state index in [0.717, 1.165) is 43.9 Å². The van der Waals surface area contributed by atoms with Crippen molar-refractivity contribution in [2.24, 2.45) is 0 Å². The van der Waals surface area contributed by atoms with Gasteiger partial charge in [-0.3, -0.25) is 14.7 Å². The first-order valence-corrected chi connectivity index (χ1v) is 10.6. The number of carbonyl (C=O) groups excluding carboxylic acids is 1. The van der Waals surface area contributed by atoms with Crippen LogP contribution in [0.25, 0.3) is 22.6 Å². The van der Waals surface area contributed by atoms with Gasteiger partial charge in [-0.15, -0.1) is 0 Å². The number of aromatic nitrogens is 3. The standard InChI is InChI=1S/C24H27N5O/c1-2-3-13-28-14-16-29(17-15-28)24(30)21-18-26-23(20-7-5-4-6-8-20)27-22(21)19-9-11-25-12-10-19/h4-12,18H,2-3,13-17H2,1H3. The second kappa shape index (κ2) is 9.59. The summed E-state index contributed by atoms with van der Waals surface area (Å²) in [4.78, 5) is 31.1. The number of rotatable bonds is 6. The quantitative estimate of drug-likeness (QED) is 0.629. The molecule has 1 aromatic carbocycles. The number of pyridine rings is 1. The van der Waals surface area contributed by atoms with Gasteiger partial charge in [-0.2, -0.15) is 0 Å². The van der Waals surface area contributed by atoms with Crippen molar-refractivity contribution in [3.63, 3.8) is 0 Å². The highest BCUT2D eigenvalue weighted by Gasteiger charge is 2.25. The number of amides is 1. The summed E-state index contributed by atoms with van der Waals surface area (Å²) in [5, 5.41) is 0. The van der Waals surface area contributed by atoms with Crippen LogP contribution in [0.5, 0.6) is 0 Å². The molecule has 3 aromatic rings. The first kappa shape index (κ1) is 20.2. The van der Waals surface area contributed by atoms with Crippen LogP contribution in [-0.2, 0) is 0 Å². The van der Waals surface area contributed by atoms with Gasteiger partial charge >= 0.3 is 0 Å². The Morgan fingerprint density at radius 3 is 2.40 bits per heavy atom. The molecule has 1 saturated heterocycles. The Balaban J connectivity index is 1.62. The van der Waals surface area contributed by atoms with Gasteiger partial charge in [-0.05, 0) is 25.1 Å². The Morgan fingerprint density at radius 1 is 0.967 bits per heavy atom. The van der Waals surface area contributed by atoms with Gasteiger partial charge in [0.2, 0.25) is 0 Å². The highest BCUT2D eigenvalue weighted by molar-refractivity contribution is 6.00. The zero-order valence-corrected chi connectivity index (χ0v) is 17.4. The Kier molecular flexibility index (Phi) is 6.44. The third-order valence-corrected chi connectivity index (χ3v) is 5.49. The lowest BCUT2D eigenvalue weighted by molar-refractivity contribution is 0.0635. The number of benzene rings is 1. The van der Waals surface area contributed by atoms with Gasteiger partial charge in [0.15, 0.2) is 5.82 Å². The normalized spacial score (nSPS) is 14.6. The molecule has 0 radical (unpaired) electrons. The molecule has 30 heavy (non-hydrogen) atoms. The molecule has 0 saturated carbocycles. The monoisotopic (exact) mass is 401 g/mol. The number of carbonyl (C=O) groups is 1. The van der Waals surface area contributed by atoms with E-state index in [-0.39, 0.29) is 5.91 Å². The molecule has 0 unspecified atom stereocenters. The molecular formula is C24H27N5O. The molecule has 1 fully saturated rings. The van der Waals surface area contributed by atoms with Crippen LogP contribution in [0.15, 0.2) is 61.1 Å². The summed E-state index contributed by atoms with van der Waals surface area (Å²) in [5.74, 6) is 0.611. The van der Waals surface area contributed by atoms with Crippen LogP contribution in [0, 0.1) is 0 Å². The number of piperazine rings is 1. The summed E-state index contributed by atoms with van der Waals surface area (Å²) in [5.41, 5.74) is 3.00. The lowest BCUT2D eigenvalue weighted by Crippen LogP contribution is -2.49. The fourth-order valence-electron chi connectivity index (χ4n) is 3.72. The molecule has 4 rings (SSSR count). The minimum Gasteiger partial charge on any atom is -0.336 e. The molecule has 0 spiro atoms. The Hall–Kier alpha value is -3.12. The lowest BCUT2D eigenvalue weighted by atomic mass is 10.1. The summed E-state index contributed by atoms with van der Waals surface area (Å²) < 4.78 is 0. The molecule has 6 heteroatoms. The van der Waals surface area contributed by atoms with Crippen LogP contribution in [0.1, 0.15) is 30.1 Å². The summed E-state index contributed by atoms with van der Waals surface area (Å²) in [6, 6.07) is 13.6. The molecule has 154 valence electrons. The van der Waals surface area contributed by atoms with Gasteiger partial charge in [0.05, 0.1) is 11.3 Å².